The first-order chi connectivity index (χ1) is 29.4. The molecule has 1 aliphatic rings. The molecule has 24 nitrogen and oxygen atoms in total. The number of carbonyl (C=O) groups excluding carboxylic acids is 6. The van der Waals surface area contributed by atoms with Crippen LogP contribution in [-0.2, 0) is 62.1 Å². The molecule has 1 saturated heterocycles. The minimum Gasteiger partial charge on any atom is -0.475 e. The smallest absolute Gasteiger partial charge is 0.475 e. The Morgan fingerprint density at radius 3 is 1.36 bits per heavy atom. The highest BCUT2D eigenvalue weighted by molar-refractivity contribution is 5.86. The standard InChI is InChI=1S/C25H34N8O10.3C2HF3O2/c26-7-13(34)1-4-17(37)40-10-16-21(42-18(38)5-2-14(35)8-27)22(43-19(39)6-3-15(36)9-28)25(41-16)33-12-32-20-23(29)30-11-31-24(20)33;3*3-2(4,5)1(6)7/h11-12,16,21-22,25H,1-10,26-28H2,(H2,29,30,31);3*(H,6,7)/t16-,21-,22-,25-;;;/m1.../s1. The minimum atomic E-state index is -5.08. The second-order valence-corrected chi connectivity index (χ2v) is 11.9. The third-order valence-corrected chi connectivity index (χ3v) is 7.12. The van der Waals surface area contributed by atoms with Gasteiger partial charge in [-0.2, -0.15) is 39.5 Å². The minimum absolute atomic E-state index is 0.0562. The lowest BCUT2D eigenvalue weighted by Crippen LogP contribution is -2.41. The number of hydrogen-bond donors (Lipinski definition) is 7. The van der Waals surface area contributed by atoms with Crippen molar-refractivity contribution in [1.29, 1.82) is 0 Å². The number of halogens is 9. The van der Waals surface area contributed by atoms with Crippen molar-refractivity contribution in [3.8, 4) is 0 Å². The van der Waals surface area contributed by atoms with Crippen molar-refractivity contribution in [2.24, 2.45) is 17.2 Å². The van der Waals surface area contributed by atoms with E-state index in [0.717, 1.165) is 0 Å². The molecule has 360 valence electrons. The number of alkyl halides is 9. The first-order valence-electron chi connectivity index (χ1n) is 17.1. The summed E-state index contributed by atoms with van der Waals surface area (Å²) < 4.78 is 119. The van der Waals surface area contributed by atoms with Gasteiger partial charge >= 0.3 is 54.3 Å². The molecule has 0 unspecified atom stereocenters. The highest BCUT2D eigenvalue weighted by Crippen LogP contribution is 2.36. The van der Waals surface area contributed by atoms with E-state index >= 15 is 0 Å². The maximum absolute atomic E-state index is 12.8. The summed E-state index contributed by atoms with van der Waals surface area (Å²) in [5, 5.41) is 21.4. The highest BCUT2D eigenvalue weighted by atomic mass is 19.4. The summed E-state index contributed by atoms with van der Waals surface area (Å²) in [7, 11) is 0. The zero-order valence-electron chi connectivity index (χ0n) is 32.2. The fourth-order valence-electron chi connectivity index (χ4n) is 4.09. The number of aliphatic carboxylic acids is 3. The Morgan fingerprint density at radius 2 is 0.984 bits per heavy atom. The molecule has 0 aliphatic carbocycles. The van der Waals surface area contributed by atoms with Gasteiger partial charge in [-0.25, -0.2) is 29.3 Å². The number of carboxylic acids is 3. The summed E-state index contributed by atoms with van der Waals surface area (Å²) >= 11 is 0. The molecule has 2 aromatic heterocycles. The average Bonchev–Trinajstić information content (AvgIpc) is 3.78. The average molecular weight is 949 g/mol. The quantitative estimate of drug-likeness (QED) is 0.0597. The Balaban J connectivity index is 0.00000155. The summed E-state index contributed by atoms with van der Waals surface area (Å²) in [5.74, 6) is -11.8. The van der Waals surface area contributed by atoms with Gasteiger partial charge in [-0.1, -0.05) is 0 Å². The van der Waals surface area contributed by atoms with Crippen molar-refractivity contribution in [2.75, 3.05) is 32.0 Å². The van der Waals surface area contributed by atoms with E-state index in [1.165, 1.54) is 17.2 Å². The highest BCUT2D eigenvalue weighted by Gasteiger charge is 2.51. The number of aromatic nitrogens is 4. The molecule has 0 saturated carbocycles. The third-order valence-electron chi connectivity index (χ3n) is 7.12. The SMILES string of the molecule is NCC(=O)CCC(=O)OC[C@H]1O[C@@H](n2cnc3c(N)ncnc32)[C@H](OC(=O)CCC(=O)CN)[C@@H]1OC(=O)CCC(=O)CN.O=C(O)C(F)(F)F.O=C(O)C(F)(F)F.O=C(O)C(F)(F)F. The molecule has 1 aliphatic heterocycles. The molecular weight excluding hydrogens is 911 g/mol. The van der Waals surface area contributed by atoms with Crippen molar-refractivity contribution in [3.63, 3.8) is 0 Å². The number of imidazole rings is 1. The lowest BCUT2D eigenvalue weighted by molar-refractivity contribution is -0.193. The molecule has 0 aromatic carbocycles. The van der Waals surface area contributed by atoms with Crippen LogP contribution >= 0.6 is 0 Å². The van der Waals surface area contributed by atoms with Gasteiger partial charge in [0.1, 0.15) is 41.9 Å². The Kier molecular flexibility index (Phi) is 23.4. The molecule has 11 N–H and O–H groups in total. The van der Waals surface area contributed by atoms with Crippen LogP contribution in [-0.4, -0.2) is 151 Å². The van der Waals surface area contributed by atoms with Gasteiger partial charge < -0.3 is 57.2 Å². The summed E-state index contributed by atoms with van der Waals surface area (Å²) in [6.45, 7) is -1.25. The van der Waals surface area contributed by atoms with Crippen molar-refractivity contribution in [2.45, 2.75) is 81.6 Å². The van der Waals surface area contributed by atoms with Gasteiger partial charge in [0, 0.05) is 19.3 Å². The number of carbonyl (C=O) groups is 9. The number of nitrogen functional groups attached to an aromatic ring is 1. The molecule has 1 fully saturated rings. The van der Waals surface area contributed by atoms with Crippen LogP contribution in [0.15, 0.2) is 12.7 Å². The monoisotopic (exact) mass is 948 g/mol. The summed E-state index contributed by atoms with van der Waals surface area (Å²) in [6.07, 6.45) is -19.4. The predicted molar refractivity (Wildman–Crippen MR) is 185 cm³/mol. The van der Waals surface area contributed by atoms with Gasteiger partial charge in [-0.05, 0) is 0 Å². The number of ketones is 3. The largest absolute Gasteiger partial charge is 0.490 e. The van der Waals surface area contributed by atoms with E-state index in [0.29, 0.717) is 0 Å². The molecule has 0 amide bonds. The molecular formula is C31H37F9N8O16. The number of hydrogen-bond acceptors (Lipinski definition) is 20. The zero-order chi connectivity index (χ0) is 49.7. The van der Waals surface area contributed by atoms with E-state index in [9.17, 15) is 68.3 Å². The maximum Gasteiger partial charge on any atom is 0.490 e. The van der Waals surface area contributed by atoms with E-state index in [2.05, 4.69) is 15.0 Å². The summed E-state index contributed by atoms with van der Waals surface area (Å²) in [6, 6.07) is 0. The fourth-order valence-corrected chi connectivity index (χ4v) is 4.09. The van der Waals surface area contributed by atoms with Crippen molar-refractivity contribution < 1.29 is 117 Å². The van der Waals surface area contributed by atoms with Crippen LogP contribution in [0.4, 0.5) is 45.3 Å². The van der Waals surface area contributed by atoms with Crippen molar-refractivity contribution >= 4 is 70.1 Å². The van der Waals surface area contributed by atoms with Crippen LogP contribution in [0.25, 0.3) is 11.2 Å². The number of ether oxygens (including phenoxy) is 4. The summed E-state index contributed by atoms with van der Waals surface area (Å²) in [4.78, 5) is 112. The topological polar surface area (TPSA) is 399 Å². The number of nitrogens with two attached hydrogens (primary N) is 4. The van der Waals surface area contributed by atoms with Crippen LogP contribution in [0.5, 0.6) is 0 Å². The maximum atomic E-state index is 12.8. The van der Waals surface area contributed by atoms with Crippen LogP contribution in [0.2, 0.25) is 0 Å². The number of carboxylic acid groups (broad SMARTS) is 3. The summed E-state index contributed by atoms with van der Waals surface area (Å²) in [5.41, 5.74) is 22.2. The number of rotatable bonds is 17. The second-order valence-electron chi connectivity index (χ2n) is 11.9. The van der Waals surface area contributed by atoms with E-state index in [4.69, 9.17) is 71.6 Å². The lowest BCUT2D eigenvalue weighted by Gasteiger charge is -2.25. The van der Waals surface area contributed by atoms with Gasteiger partial charge in [0.2, 0.25) is 0 Å². The van der Waals surface area contributed by atoms with Gasteiger partial charge in [0.15, 0.2) is 29.9 Å². The number of esters is 3. The fraction of sp³-hybridized carbons (Fsp3) is 0.548. The molecule has 0 bridgehead atoms. The number of Topliss-reactive ketones (excluding diaryl/α,β-unsaturated/α-hetero) is 3. The molecule has 33 heteroatoms. The Morgan fingerprint density at radius 1 is 0.609 bits per heavy atom. The number of fused-ring (bicyclic) bond motifs is 1. The van der Waals surface area contributed by atoms with Crippen LogP contribution < -0.4 is 22.9 Å². The normalized spacial score (nSPS) is 16.9. The molecule has 0 radical (unpaired) electrons. The molecule has 4 atom stereocenters. The molecule has 3 heterocycles. The van der Waals surface area contributed by atoms with E-state index in [-0.39, 0.29) is 92.5 Å². The van der Waals surface area contributed by atoms with Crippen molar-refractivity contribution in [1.82, 2.24) is 19.5 Å². The van der Waals surface area contributed by atoms with Gasteiger partial charge in [-0.15, -0.1) is 0 Å². The van der Waals surface area contributed by atoms with Gasteiger partial charge in [0.05, 0.1) is 45.2 Å². The van der Waals surface area contributed by atoms with Gasteiger partial charge in [0.25, 0.3) is 0 Å². The molecule has 3 rings (SSSR count). The molecule has 64 heavy (non-hydrogen) atoms. The van der Waals surface area contributed by atoms with Crippen LogP contribution in [0, 0.1) is 0 Å². The Hall–Kier alpha value is -6.61. The lowest BCUT2D eigenvalue weighted by atomic mass is 10.1. The third kappa shape index (κ3) is 21.0. The van der Waals surface area contributed by atoms with E-state index < -0.39 is 85.5 Å². The van der Waals surface area contributed by atoms with Crippen molar-refractivity contribution in [3.05, 3.63) is 12.7 Å². The first-order valence-corrected chi connectivity index (χ1v) is 17.1. The number of nitrogens with zero attached hydrogens (tertiary/aromatic N) is 4. The van der Waals surface area contributed by atoms with E-state index in [1.54, 1.807) is 0 Å². The molecule has 0 spiro atoms. The predicted octanol–water partition coefficient (Wildman–Crippen LogP) is -0.503. The Bertz CT molecular complexity index is 1900. The second kappa shape index (κ2) is 26.1. The Labute approximate surface area is 350 Å². The first kappa shape index (κ1) is 57.4. The van der Waals surface area contributed by atoms with Crippen LogP contribution in [0.3, 0.4) is 0 Å². The zero-order valence-corrected chi connectivity index (χ0v) is 32.2. The van der Waals surface area contributed by atoms with Crippen LogP contribution in [0.1, 0.15) is 44.8 Å². The van der Waals surface area contributed by atoms with E-state index in [1.807, 2.05) is 0 Å². The molecule has 2 aromatic rings. The van der Waals surface area contributed by atoms with Gasteiger partial charge in [-0.3, -0.25) is 33.3 Å². The number of anilines is 1.